The molecule has 0 fully saturated rings. The highest BCUT2D eigenvalue weighted by atomic mass is 32.2. The van der Waals surface area contributed by atoms with Gasteiger partial charge in [0, 0.05) is 5.56 Å². The monoisotopic (exact) mass is 299 g/mol. The van der Waals surface area contributed by atoms with E-state index in [2.05, 4.69) is 4.72 Å². The first-order chi connectivity index (χ1) is 9.15. The van der Waals surface area contributed by atoms with E-state index in [-0.39, 0.29) is 16.2 Å². The summed E-state index contributed by atoms with van der Waals surface area (Å²) in [5.74, 6) is -1.91. The highest BCUT2D eigenvalue weighted by Gasteiger charge is 2.28. The van der Waals surface area contributed by atoms with E-state index < -0.39 is 28.0 Å². The molecule has 0 aromatic heterocycles. The number of hydrogen-bond acceptors (Lipinski definition) is 4. The van der Waals surface area contributed by atoms with E-state index in [1.807, 2.05) is 0 Å². The van der Waals surface area contributed by atoms with Gasteiger partial charge >= 0.3 is 5.97 Å². The van der Waals surface area contributed by atoms with E-state index in [0.717, 1.165) is 0 Å². The fraction of sp³-hybridized carbons (Fsp3) is 0.385. The number of carboxylic acid groups (broad SMARTS) is 1. The van der Waals surface area contributed by atoms with Crippen molar-refractivity contribution in [3.05, 3.63) is 29.8 Å². The average molecular weight is 299 g/mol. The molecule has 1 rings (SSSR count). The van der Waals surface area contributed by atoms with Gasteiger partial charge in [0.05, 0.1) is 4.90 Å². The van der Waals surface area contributed by atoms with E-state index in [1.165, 1.54) is 31.2 Å². The smallest absolute Gasteiger partial charge is 0.322 e. The molecule has 6 nitrogen and oxygen atoms in total. The maximum atomic E-state index is 12.1. The Morgan fingerprint density at radius 1 is 1.25 bits per heavy atom. The Balaban J connectivity index is 3.14. The van der Waals surface area contributed by atoms with Crippen LogP contribution in [0, 0.1) is 5.92 Å². The van der Waals surface area contributed by atoms with Gasteiger partial charge in [-0.05, 0) is 25.0 Å². The molecular formula is C13H17NO5S. The van der Waals surface area contributed by atoms with E-state index in [4.69, 9.17) is 5.11 Å². The zero-order chi connectivity index (χ0) is 15.5. The van der Waals surface area contributed by atoms with Gasteiger partial charge in [0.2, 0.25) is 10.0 Å². The third-order valence-electron chi connectivity index (χ3n) is 2.77. The van der Waals surface area contributed by atoms with Gasteiger partial charge in [0.25, 0.3) is 0 Å². The zero-order valence-corrected chi connectivity index (χ0v) is 12.3. The molecule has 0 heterocycles. The van der Waals surface area contributed by atoms with Crippen molar-refractivity contribution in [3.63, 3.8) is 0 Å². The molecule has 20 heavy (non-hydrogen) atoms. The molecule has 0 unspecified atom stereocenters. The number of aliphatic carboxylic acids is 1. The topological polar surface area (TPSA) is 101 Å². The lowest BCUT2D eigenvalue weighted by molar-refractivity contribution is -0.140. The maximum Gasteiger partial charge on any atom is 0.322 e. The van der Waals surface area contributed by atoms with Crippen molar-refractivity contribution in [2.75, 3.05) is 0 Å². The molecule has 0 amide bonds. The van der Waals surface area contributed by atoms with Gasteiger partial charge in [-0.15, -0.1) is 0 Å². The highest BCUT2D eigenvalue weighted by molar-refractivity contribution is 7.89. The first kappa shape index (κ1) is 16.3. The Morgan fingerprint density at radius 3 is 2.30 bits per heavy atom. The molecule has 0 aliphatic carbocycles. The fourth-order valence-corrected chi connectivity index (χ4v) is 2.97. The van der Waals surface area contributed by atoms with E-state index in [1.54, 1.807) is 13.8 Å². The van der Waals surface area contributed by atoms with Crippen molar-refractivity contribution in [3.8, 4) is 0 Å². The number of hydrogen-bond donors (Lipinski definition) is 2. The zero-order valence-electron chi connectivity index (χ0n) is 11.5. The summed E-state index contributed by atoms with van der Waals surface area (Å²) >= 11 is 0. The Labute approximate surface area is 117 Å². The number of sulfonamides is 1. The van der Waals surface area contributed by atoms with Crippen LogP contribution < -0.4 is 4.72 Å². The van der Waals surface area contributed by atoms with E-state index >= 15 is 0 Å². The summed E-state index contributed by atoms with van der Waals surface area (Å²) in [6.07, 6.45) is 0. The molecule has 0 spiro atoms. The molecule has 7 heteroatoms. The summed E-state index contributed by atoms with van der Waals surface area (Å²) in [5.41, 5.74) is 0.254. The van der Waals surface area contributed by atoms with Crippen molar-refractivity contribution in [1.29, 1.82) is 0 Å². The maximum absolute atomic E-state index is 12.1. The summed E-state index contributed by atoms with van der Waals surface area (Å²) in [6.45, 7) is 4.54. The van der Waals surface area contributed by atoms with Crippen LogP contribution in [0.4, 0.5) is 0 Å². The molecule has 0 bridgehead atoms. The molecule has 110 valence electrons. The van der Waals surface area contributed by atoms with E-state index in [9.17, 15) is 18.0 Å². The van der Waals surface area contributed by atoms with Gasteiger partial charge in [0.1, 0.15) is 6.04 Å². The number of nitrogens with one attached hydrogen (secondary N) is 1. The van der Waals surface area contributed by atoms with Crippen LogP contribution in [0.25, 0.3) is 0 Å². The molecule has 1 atom stereocenters. The minimum atomic E-state index is -3.99. The van der Waals surface area contributed by atoms with Crippen molar-refractivity contribution in [2.45, 2.75) is 31.7 Å². The molecule has 0 saturated carbocycles. The Hall–Kier alpha value is -1.73. The number of rotatable bonds is 6. The lowest BCUT2D eigenvalue weighted by Gasteiger charge is -2.18. The van der Waals surface area contributed by atoms with Crippen molar-refractivity contribution >= 4 is 21.8 Å². The number of Topliss-reactive ketones (excluding diaryl/α,β-unsaturated/α-hetero) is 1. The average Bonchev–Trinajstić information content (AvgIpc) is 2.35. The Kier molecular flexibility index (Phi) is 5.02. The number of ketones is 1. The molecule has 2 N–H and O–H groups in total. The van der Waals surface area contributed by atoms with Crippen LogP contribution >= 0.6 is 0 Å². The van der Waals surface area contributed by atoms with Gasteiger partial charge < -0.3 is 5.11 Å². The summed E-state index contributed by atoms with van der Waals surface area (Å²) in [4.78, 5) is 22.2. The summed E-state index contributed by atoms with van der Waals surface area (Å²) < 4.78 is 26.4. The van der Waals surface area contributed by atoms with Crippen LogP contribution in [0.15, 0.2) is 29.2 Å². The summed E-state index contributed by atoms with van der Waals surface area (Å²) in [7, 11) is -3.99. The van der Waals surface area contributed by atoms with Crippen LogP contribution in [-0.2, 0) is 14.8 Å². The lowest BCUT2D eigenvalue weighted by atomic mass is 10.1. The van der Waals surface area contributed by atoms with Crippen LogP contribution in [0.3, 0.4) is 0 Å². The first-order valence-electron chi connectivity index (χ1n) is 6.01. The van der Waals surface area contributed by atoms with Crippen molar-refractivity contribution < 1.29 is 23.1 Å². The Bertz CT molecular complexity index is 621. The van der Waals surface area contributed by atoms with Crippen LogP contribution in [0.2, 0.25) is 0 Å². The number of benzene rings is 1. The summed E-state index contributed by atoms with van der Waals surface area (Å²) in [5, 5.41) is 9.02. The van der Waals surface area contributed by atoms with E-state index in [0.29, 0.717) is 0 Å². The van der Waals surface area contributed by atoms with Gasteiger partial charge in [-0.25, -0.2) is 8.42 Å². The third-order valence-corrected chi connectivity index (χ3v) is 4.20. The van der Waals surface area contributed by atoms with Crippen LogP contribution in [0.5, 0.6) is 0 Å². The number of carbonyl (C=O) groups excluding carboxylic acids is 1. The highest BCUT2D eigenvalue weighted by Crippen LogP contribution is 2.14. The van der Waals surface area contributed by atoms with Crippen LogP contribution in [-0.4, -0.2) is 31.3 Å². The number of carboxylic acids is 1. The Morgan fingerprint density at radius 2 is 1.85 bits per heavy atom. The van der Waals surface area contributed by atoms with Crippen molar-refractivity contribution in [2.24, 2.45) is 5.92 Å². The quantitative estimate of drug-likeness (QED) is 0.771. The molecular weight excluding hydrogens is 282 g/mol. The predicted octanol–water partition coefficient (Wildman–Crippen LogP) is 1.28. The van der Waals surface area contributed by atoms with Gasteiger partial charge in [-0.2, -0.15) is 4.72 Å². The number of carbonyl (C=O) groups is 2. The summed E-state index contributed by atoms with van der Waals surface area (Å²) in [6, 6.07) is 4.26. The lowest BCUT2D eigenvalue weighted by Crippen LogP contribution is -2.44. The second-order valence-corrected chi connectivity index (χ2v) is 6.48. The normalized spacial score (nSPS) is 13.2. The molecule has 0 aliphatic heterocycles. The fourth-order valence-electron chi connectivity index (χ4n) is 1.59. The third kappa shape index (κ3) is 3.88. The minimum Gasteiger partial charge on any atom is -0.480 e. The predicted molar refractivity (Wildman–Crippen MR) is 73.0 cm³/mol. The first-order valence-corrected chi connectivity index (χ1v) is 7.49. The van der Waals surface area contributed by atoms with Gasteiger partial charge in [-0.3, -0.25) is 9.59 Å². The molecule has 1 aromatic carbocycles. The van der Waals surface area contributed by atoms with Gasteiger partial charge in [0.15, 0.2) is 5.78 Å². The SMILES string of the molecule is CC(=O)c1cccc(S(=O)(=O)N[C@H](C(=O)O)C(C)C)c1. The van der Waals surface area contributed by atoms with Crippen molar-refractivity contribution in [1.82, 2.24) is 4.72 Å². The minimum absolute atomic E-state index is 0.128. The second kappa shape index (κ2) is 6.15. The molecule has 0 aliphatic rings. The molecule has 0 radical (unpaired) electrons. The molecule has 0 saturated heterocycles. The second-order valence-electron chi connectivity index (χ2n) is 4.77. The van der Waals surface area contributed by atoms with Crippen LogP contribution in [0.1, 0.15) is 31.1 Å². The largest absolute Gasteiger partial charge is 0.480 e. The standard InChI is InChI=1S/C13H17NO5S/c1-8(2)12(13(16)17)14-20(18,19)11-6-4-5-10(7-11)9(3)15/h4-8,12,14H,1-3H3,(H,16,17)/t12-/m0/s1. The molecule has 1 aromatic rings. The van der Waals surface area contributed by atoms with Gasteiger partial charge in [-0.1, -0.05) is 26.0 Å².